The number of aliphatic hydroxyl groups is 2. The summed E-state index contributed by atoms with van der Waals surface area (Å²) in [4.78, 5) is 1.73. The van der Waals surface area contributed by atoms with Gasteiger partial charge in [-0.15, -0.1) is 0 Å². The average molecular weight is 163 g/mol. The number of rotatable bonds is 2. The molecule has 1 rings (SSSR count). The molecule has 0 bridgehead atoms. The molecule has 11 heavy (non-hydrogen) atoms. The van der Waals surface area contributed by atoms with E-state index in [0.717, 1.165) is 0 Å². The molecule has 1 aliphatic rings. The third kappa shape index (κ3) is 2.73. The van der Waals surface area contributed by atoms with E-state index in [2.05, 4.69) is 0 Å². The van der Waals surface area contributed by atoms with Crippen LogP contribution in [0, 0.1) is 0 Å². The number of β-amino-alcohol motifs (C(OH)–C–C–N with tert-alkyl or cyclic N) is 2. The van der Waals surface area contributed by atoms with Crippen molar-refractivity contribution in [3.05, 3.63) is 0 Å². The Morgan fingerprint density at radius 3 is 2.73 bits per heavy atom. The predicted molar refractivity (Wildman–Crippen MR) is 39.0 cm³/mol. The first kappa shape index (κ1) is 8.90. The highest BCUT2D eigenvalue weighted by Crippen LogP contribution is 2.12. The lowest BCUT2D eigenvalue weighted by atomic mass is 10.1. The number of hydrogen-bond acceptors (Lipinski definition) is 3. The Hall–Kier alpha value is -0.190. The fraction of sp³-hybridized carbons (Fsp3) is 1.00. The molecule has 2 atom stereocenters. The van der Waals surface area contributed by atoms with Crippen molar-refractivity contribution in [2.24, 2.45) is 0 Å². The van der Waals surface area contributed by atoms with Crippen LogP contribution in [0.2, 0.25) is 0 Å². The molecule has 66 valence electrons. The first-order valence-electron chi connectivity index (χ1n) is 3.87. The minimum Gasteiger partial charge on any atom is -0.395 e. The summed E-state index contributed by atoms with van der Waals surface area (Å²) < 4.78 is 12.7. The summed E-state index contributed by atoms with van der Waals surface area (Å²) in [6.45, 7) is 1.31. The van der Waals surface area contributed by atoms with E-state index in [-0.39, 0.29) is 13.0 Å². The summed E-state index contributed by atoms with van der Waals surface area (Å²) in [6, 6.07) is 0. The molecule has 2 unspecified atom stereocenters. The second kappa shape index (κ2) is 3.99. The third-order valence-corrected chi connectivity index (χ3v) is 1.87. The van der Waals surface area contributed by atoms with Gasteiger partial charge in [-0.2, -0.15) is 0 Å². The van der Waals surface area contributed by atoms with Crippen LogP contribution in [0.5, 0.6) is 0 Å². The number of nitrogens with zero attached hydrogens (tertiary/aromatic N) is 1. The lowest BCUT2D eigenvalue weighted by molar-refractivity contribution is 0.0197. The molecule has 0 aromatic rings. The molecule has 2 N–H and O–H groups in total. The SMILES string of the molecule is OCCN1CC(O)CC(F)C1. The summed E-state index contributed by atoms with van der Waals surface area (Å²) in [5.74, 6) is 0. The summed E-state index contributed by atoms with van der Waals surface area (Å²) >= 11 is 0. The monoisotopic (exact) mass is 163 g/mol. The van der Waals surface area contributed by atoms with Gasteiger partial charge in [-0.05, 0) is 0 Å². The van der Waals surface area contributed by atoms with Crippen LogP contribution in [-0.4, -0.2) is 53.6 Å². The van der Waals surface area contributed by atoms with Gasteiger partial charge in [0.25, 0.3) is 0 Å². The van der Waals surface area contributed by atoms with E-state index in [9.17, 15) is 4.39 Å². The van der Waals surface area contributed by atoms with Crippen molar-refractivity contribution in [3.63, 3.8) is 0 Å². The van der Waals surface area contributed by atoms with E-state index in [1.165, 1.54) is 0 Å². The van der Waals surface area contributed by atoms with Crippen LogP contribution in [0.3, 0.4) is 0 Å². The van der Waals surface area contributed by atoms with Gasteiger partial charge in [-0.3, -0.25) is 4.90 Å². The number of halogens is 1. The normalized spacial score (nSPS) is 34.1. The lowest BCUT2D eigenvalue weighted by Gasteiger charge is -2.31. The minimum atomic E-state index is -0.940. The molecule has 3 nitrogen and oxygen atoms in total. The van der Waals surface area contributed by atoms with E-state index >= 15 is 0 Å². The fourth-order valence-electron chi connectivity index (χ4n) is 1.42. The number of likely N-dealkylation sites (tertiary alicyclic amines) is 1. The van der Waals surface area contributed by atoms with Crippen molar-refractivity contribution < 1.29 is 14.6 Å². The Morgan fingerprint density at radius 1 is 1.45 bits per heavy atom. The van der Waals surface area contributed by atoms with Crippen LogP contribution >= 0.6 is 0 Å². The molecule has 0 amide bonds. The van der Waals surface area contributed by atoms with Crippen molar-refractivity contribution in [1.29, 1.82) is 0 Å². The van der Waals surface area contributed by atoms with Gasteiger partial charge in [0.15, 0.2) is 0 Å². The Labute approximate surface area is 65.4 Å². The van der Waals surface area contributed by atoms with Crippen molar-refractivity contribution in [2.45, 2.75) is 18.7 Å². The van der Waals surface area contributed by atoms with E-state index in [0.29, 0.717) is 19.6 Å². The Balaban J connectivity index is 2.30. The standard InChI is InChI=1S/C7H14FNO2/c8-6-3-7(11)5-9(4-6)1-2-10/h6-7,10-11H,1-5H2. The van der Waals surface area contributed by atoms with Gasteiger partial charge >= 0.3 is 0 Å². The van der Waals surface area contributed by atoms with Crippen molar-refractivity contribution in [3.8, 4) is 0 Å². The van der Waals surface area contributed by atoms with E-state index in [4.69, 9.17) is 10.2 Å². The molecule has 0 saturated carbocycles. The van der Waals surface area contributed by atoms with Gasteiger partial charge in [0.1, 0.15) is 6.17 Å². The molecule has 1 heterocycles. The molecule has 1 aliphatic heterocycles. The van der Waals surface area contributed by atoms with Gasteiger partial charge in [0, 0.05) is 26.1 Å². The molecule has 0 spiro atoms. The summed E-state index contributed by atoms with van der Waals surface area (Å²) in [6.07, 6.45) is -1.27. The van der Waals surface area contributed by atoms with Crippen LogP contribution in [-0.2, 0) is 0 Å². The maximum absolute atomic E-state index is 12.7. The Kier molecular flexibility index (Phi) is 3.23. The van der Waals surface area contributed by atoms with Crippen molar-refractivity contribution in [1.82, 2.24) is 4.90 Å². The van der Waals surface area contributed by atoms with Crippen LogP contribution in [0.25, 0.3) is 0 Å². The van der Waals surface area contributed by atoms with Crippen LogP contribution < -0.4 is 0 Å². The summed E-state index contributed by atoms with van der Waals surface area (Å²) in [5.41, 5.74) is 0. The number of aliphatic hydroxyl groups excluding tert-OH is 2. The Bertz CT molecular complexity index is 113. The quantitative estimate of drug-likeness (QED) is 0.570. The van der Waals surface area contributed by atoms with Crippen molar-refractivity contribution in [2.75, 3.05) is 26.2 Å². The smallest absolute Gasteiger partial charge is 0.115 e. The van der Waals surface area contributed by atoms with Crippen LogP contribution in [0.1, 0.15) is 6.42 Å². The second-order valence-electron chi connectivity index (χ2n) is 2.97. The van der Waals surface area contributed by atoms with Crippen LogP contribution in [0.4, 0.5) is 4.39 Å². The van der Waals surface area contributed by atoms with E-state index in [1.807, 2.05) is 0 Å². The zero-order chi connectivity index (χ0) is 8.27. The second-order valence-corrected chi connectivity index (χ2v) is 2.97. The number of alkyl halides is 1. The van der Waals surface area contributed by atoms with Gasteiger partial charge in [-0.25, -0.2) is 4.39 Å². The average Bonchev–Trinajstić information content (AvgIpc) is 1.85. The summed E-state index contributed by atoms with van der Waals surface area (Å²) in [7, 11) is 0. The molecule has 1 fully saturated rings. The zero-order valence-corrected chi connectivity index (χ0v) is 6.41. The highest BCUT2D eigenvalue weighted by atomic mass is 19.1. The van der Waals surface area contributed by atoms with E-state index < -0.39 is 12.3 Å². The molecular weight excluding hydrogens is 149 g/mol. The Morgan fingerprint density at radius 2 is 2.18 bits per heavy atom. The van der Waals surface area contributed by atoms with Crippen molar-refractivity contribution >= 4 is 0 Å². The minimum absolute atomic E-state index is 0.0272. The first-order valence-corrected chi connectivity index (χ1v) is 3.87. The topological polar surface area (TPSA) is 43.7 Å². The van der Waals surface area contributed by atoms with Gasteiger partial charge < -0.3 is 10.2 Å². The largest absolute Gasteiger partial charge is 0.395 e. The summed E-state index contributed by atoms with van der Waals surface area (Å²) in [5, 5.41) is 17.7. The highest BCUT2D eigenvalue weighted by Gasteiger charge is 2.24. The highest BCUT2D eigenvalue weighted by molar-refractivity contribution is 4.77. The molecule has 0 aromatic carbocycles. The fourth-order valence-corrected chi connectivity index (χ4v) is 1.42. The number of piperidine rings is 1. The third-order valence-electron chi connectivity index (χ3n) is 1.87. The number of hydrogen-bond donors (Lipinski definition) is 2. The first-order chi connectivity index (χ1) is 5.22. The molecule has 4 heteroatoms. The van der Waals surface area contributed by atoms with Gasteiger partial charge in [-0.1, -0.05) is 0 Å². The lowest BCUT2D eigenvalue weighted by Crippen LogP contribution is -2.45. The van der Waals surface area contributed by atoms with Crippen LogP contribution in [0.15, 0.2) is 0 Å². The molecule has 1 saturated heterocycles. The molecule has 0 aromatic heterocycles. The maximum atomic E-state index is 12.7. The van der Waals surface area contributed by atoms with E-state index in [1.54, 1.807) is 4.90 Å². The van der Waals surface area contributed by atoms with Gasteiger partial charge in [0.05, 0.1) is 12.7 Å². The maximum Gasteiger partial charge on any atom is 0.115 e. The zero-order valence-electron chi connectivity index (χ0n) is 6.41. The molecule has 0 aliphatic carbocycles. The predicted octanol–water partition coefficient (Wildman–Crippen LogP) is -0.617. The molecule has 0 radical (unpaired) electrons. The van der Waals surface area contributed by atoms with Gasteiger partial charge in [0.2, 0.25) is 0 Å². The molecular formula is C7H14FNO2.